The summed E-state index contributed by atoms with van der Waals surface area (Å²) in [6, 6.07) is 0. The number of hydrogen-bond donors (Lipinski definition) is 2. The van der Waals surface area contributed by atoms with Gasteiger partial charge in [0, 0.05) is 16.7 Å². The molecule has 192 valence electrons. The first-order valence-electron chi connectivity index (χ1n) is 14.1. The standard InChI is InChI=1S/C31H50O3/c1-19(2)17-22(32)18-20(3)23-11-13-29(8)24-12-14-31-25(9-10-26(33)27(31,5)6)30(24,21(4)34-31)16-15-28(23,29)7/h12,14,17,20-26,32-33H,9-11,13,15-16,18H2,1-8H3/t20-,21?,22+,23-,24+,25+,26+,28-,29+,30+,31-/m1/s1. The van der Waals surface area contributed by atoms with E-state index in [1.165, 1.54) is 31.3 Å². The second-order valence-corrected chi connectivity index (χ2v) is 14.4. The van der Waals surface area contributed by atoms with Gasteiger partial charge in [-0.05, 0) is 94.3 Å². The number of allylic oxidation sites excluding steroid dienone is 2. The molecule has 3 nitrogen and oxygen atoms in total. The molecule has 4 aliphatic carbocycles. The van der Waals surface area contributed by atoms with Crippen molar-refractivity contribution in [3.8, 4) is 0 Å². The Balaban J connectivity index is 1.51. The van der Waals surface area contributed by atoms with E-state index in [1.54, 1.807) is 0 Å². The van der Waals surface area contributed by atoms with Crippen LogP contribution in [-0.2, 0) is 4.74 Å². The highest BCUT2D eigenvalue weighted by molar-refractivity contribution is 5.34. The lowest BCUT2D eigenvalue weighted by Gasteiger charge is -2.65. The summed E-state index contributed by atoms with van der Waals surface area (Å²) < 4.78 is 7.03. The monoisotopic (exact) mass is 470 g/mol. The maximum atomic E-state index is 11.0. The topological polar surface area (TPSA) is 49.7 Å². The molecule has 34 heavy (non-hydrogen) atoms. The average Bonchev–Trinajstić information content (AvgIpc) is 3.09. The molecule has 2 bridgehead atoms. The molecule has 1 saturated heterocycles. The van der Waals surface area contributed by atoms with E-state index in [0.29, 0.717) is 23.7 Å². The van der Waals surface area contributed by atoms with Crippen LogP contribution in [0, 0.1) is 45.3 Å². The fourth-order valence-corrected chi connectivity index (χ4v) is 10.6. The van der Waals surface area contributed by atoms with Crippen molar-refractivity contribution < 1.29 is 14.9 Å². The fourth-order valence-electron chi connectivity index (χ4n) is 10.6. The van der Waals surface area contributed by atoms with Crippen molar-refractivity contribution in [2.75, 3.05) is 0 Å². The van der Waals surface area contributed by atoms with E-state index < -0.39 is 0 Å². The van der Waals surface area contributed by atoms with Crippen LogP contribution in [0.2, 0.25) is 0 Å². The zero-order chi connectivity index (χ0) is 24.9. The highest BCUT2D eigenvalue weighted by atomic mass is 16.5. The highest BCUT2D eigenvalue weighted by Gasteiger charge is 2.77. The molecule has 1 unspecified atom stereocenters. The van der Waals surface area contributed by atoms with E-state index >= 15 is 0 Å². The molecule has 2 N–H and O–H groups in total. The predicted molar refractivity (Wildman–Crippen MR) is 138 cm³/mol. The molecule has 11 atom stereocenters. The van der Waals surface area contributed by atoms with Crippen LogP contribution in [0.25, 0.3) is 0 Å². The third-order valence-electron chi connectivity index (χ3n) is 12.7. The molecule has 0 aromatic rings. The molecule has 3 saturated carbocycles. The molecular formula is C31H50O3. The van der Waals surface area contributed by atoms with E-state index in [1.807, 2.05) is 6.08 Å². The highest BCUT2D eigenvalue weighted by Crippen LogP contribution is 2.78. The minimum absolute atomic E-state index is 0.181. The van der Waals surface area contributed by atoms with Crippen molar-refractivity contribution in [3.63, 3.8) is 0 Å². The summed E-state index contributed by atoms with van der Waals surface area (Å²) in [7, 11) is 0. The van der Waals surface area contributed by atoms with Crippen molar-refractivity contribution in [2.24, 2.45) is 45.3 Å². The SMILES string of the molecule is CC(C)=C[C@H](O)C[C@@H](C)[C@H]1CC[C@@]2(C)[C@@H]3C=C[C@@]45OC(C)[C@]3(CC[C@]12C)[C@@H]4CC[C@H](O)C5(C)C. The first-order valence-corrected chi connectivity index (χ1v) is 14.1. The van der Waals surface area contributed by atoms with E-state index in [2.05, 4.69) is 67.5 Å². The molecular weight excluding hydrogens is 420 g/mol. The van der Waals surface area contributed by atoms with Crippen LogP contribution in [0.4, 0.5) is 0 Å². The van der Waals surface area contributed by atoms with Gasteiger partial charge in [-0.25, -0.2) is 0 Å². The average molecular weight is 471 g/mol. The van der Waals surface area contributed by atoms with Gasteiger partial charge < -0.3 is 14.9 Å². The number of fused-ring (bicyclic) bond motifs is 2. The molecule has 1 aliphatic heterocycles. The minimum atomic E-state index is -0.334. The number of hydrogen-bond acceptors (Lipinski definition) is 3. The first-order chi connectivity index (χ1) is 15.8. The minimum Gasteiger partial charge on any atom is -0.392 e. The molecule has 5 aliphatic rings. The van der Waals surface area contributed by atoms with Crippen molar-refractivity contribution >= 4 is 0 Å². The largest absolute Gasteiger partial charge is 0.392 e. The Bertz CT molecular complexity index is 885. The molecule has 0 radical (unpaired) electrons. The Morgan fingerprint density at radius 3 is 2.44 bits per heavy atom. The lowest BCUT2D eigenvalue weighted by molar-refractivity contribution is -0.170. The second kappa shape index (κ2) is 7.68. The van der Waals surface area contributed by atoms with Crippen LogP contribution in [0.5, 0.6) is 0 Å². The summed E-state index contributed by atoms with van der Waals surface area (Å²) in [6.45, 7) is 18.6. The van der Waals surface area contributed by atoms with Crippen LogP contribution in [0.3, 0.4) is 0 Å². The summed E-state index contributed by atoms with van der Waals surface area (Å²) in [6.07, 6.45) is 14.5. The zero-order valence-corrected chi connectivity index (χ0v) is 23.0. The molecule has 1 heterocycles. The van der Waals surface area contributed by atoms with Crippen LogP contribution in [-0.4, -0.2) is 34.1 Å². The van der Waals surface area contributed by atoms with Crippen LogP contribution >= 0.6 is 0 Å². The third-order valence-corrected chi connectivity index (χ3v) is 12.7. The van der Waals surface area contributed by atoms with Gasteiger partial charge in [0.05, 0.1) is 23.9 Å². The quantitative estimate of drug-likeness (QED) is 0.450. The van der Waals surface area contributed by atoms with Gasteiger partial charge in [0.15, 0.2) is 0 Å². The Morgan fingerprint density at radius 1 is 1.06 bits per heavy atom. The second-order valence-electron chi connectivity index (χ2n) is 14.4. The number of aliphatic hydroxyl groups excluding tert-OH is 2. The van der Waals surface area contributed by atoms with Gasteiger partial charge in [0.25, 0.3) is 0 Å². The van der Waals surface area contributed by atoms with Crippen LogP contribution < -0.4 is 0 Å². The van der Waals surface area contributed by atoms with Gasteiger partial charge in [-0.1, -0.05) is 58.4 Å². The number of ether oxygens (including phenoxy) is 1. The normalized spacial score (nSPS) is 52.4. The first kappa shape index (κ1) is 25.0. The third kappa shape index (κ3) is 2.87. The lowest BCUT2D eigenvalue weighted by atomic mass is 9.37. The van der Waals surface area contributed by atoms with E-state index in [-0.39, 0.29) is 45.6 Å². The van der Waals surface area contributed by atoms with Crippen LogP contribution in [0.15, 0.2) is 23.8 Å². The van der Waals surface area contributed by atoms with E-state index in [9.17, 15) is 10.2 Å². The lowest BCUT2D eigenvalue weighted by Crippen LogP contribution is -2.65. The molecule has 3 heteroatoms. The van der Waals surface area contributed by atoms with Gasteiger partial charge in [0.1, 0.15) is 0 Å². The van der Waals surface area contributed by atoms with Crippen molar-refractivity contribution in [2.45, 2.75) is 124 Å². The van der Waals surface area contributed by atoms with Crippen molar-refractivity contribution in [1.82, 2.24) is 0 Å². The summed E-state index contributed by atoms with van der Waals surface area (Å²) in [5, 5.41) is 21.7. The fraction of sp³-hybridized carbons (Fsp3) is 0.871. The summed E-state index contributed by atoms with van der Waals surface area (Å²) in [5.74, 6) is 2.19. The molecule has 0 amide bonds. The Labute approximate surface area is 208 Å². The van der Waals surface area contributed by atoms with E-state index in [4.69, 9.17) is 4.74 Å². The predicted octanol–water partition coefficient (Wildman–Crippen LogP) is 6.68. The maximum Gasteiger partial charge on any atom is 0.0976 e. The van der Waals surface area contributed by atoms with Crippen LogP contribution in [0.1, 0.15) is 100 Å². The zero-order valence-electron chi connectivity index (χ0n) is 23.0. The molecule has 5 rings (SSSR count). The van der Waals surface area contributed by atoms with Gasteiger partial charge >= 0.3 is 0 Å². The summed E-state index contributed by atoms with van der Waals surface area (Å²) >= 11 is 0. The molecule has 0 aromatic heterocycles. The maximum absolute atomic E-state index is 11.0. The Hall–Kier alpha value is -0.640. The summed E-state index contributed by atoms with van der Waals surface area (Å²) in [5.41, 5.74) is 1.32. The number of rotatable bonds is 4. The summed E-state index contributed by atoms with van der Waals surface area (Å²) in [4.78, 5) is 0. The molecule has 4 fully saturated rings. The molecule has 0 aromatic carbocycles. The van der Waals surface area contributed by atoms with Crippen molar-refractivity contribution in [1.29, 1.82) is 0 Å². The molecule has 1 spiro atoms. The Morgan fingerprint density at radius 2 is 1.76 bits per heavy atom. The van der Waals surface area contributed by atoms with Crippen molar-refractivity contribution in [3.05, 3.63) is 23.8 Å². The smallest absolute Gasteiger partial charge is 0.0976 e. The number of aliphatic hydroxyl groups is 2. The van der Waals surface area contributed by atoms with Gasteiger partial charge in [-0.3, -0.25) is 0 Å². The van der Waals surface area contributed by atoms with Gasteiger partial charge in [-0.15, -0.1) is 0 Å². The Kier molecular flexibility index (Phi) is 5.66. The van der Waals surface area contributed by atoms with Gasteiger partial charge in [-0.2, -0.15) is 0 Å². The van der Waals surface area contributed by atoms with E-state index in [0.717, 1.165) is 19.3 Å². The van der Waals surface area contributed by atoms with Gasteiger partial charge in [0.2, 0.25) is 0 Å².